The van der Waals surface area contributed by atoms with E-state index in [1.165, 1.54) is 0 Å². The van der Waals surface area contributed by atoms with E-state index in [9.17, 15) is 9.59 Å². The molecular weight excluding hydrogens is 358 g/mol. The number of nitrogens with zero attached hydrogens (tertiary/aromatic N) is 1. The summed E-state index contributed by atoms with van der Waals surface area (Å²) >= 11 is 0. The van der Waals surface area contributed by atoms with Crippen molar-refractivity contribution in [2.75, 3.05) is 44.7 Å². The number of benzene rings is 1. The first-order valence-electron chi connectivity index (χ1n) is 10.2. The third kappa shape index (κ3) is 5.77. The van der Waals surface area contributed by atoms with E-state index in [2.05, 4.69) is 15.5 Å². The number of rotatable bonds is 7. The van der Waals surface area contributed by atoms with Gasteiger partial charge in [-0.05, 0) is 44.0 Å². The first-order chi connectivity index (χ1) is 13.5. The van der Waals surface area contributed by atoms with Crippen molar-refractivity contribution in [3.8, 4) is 0 Å². The van der Waals surface area contributed by atoms with Crippen LogP contribution in [-0.4, -0.2) is 62.4 Å². The third-order valence-corrected chi connectivity index (χ3v) is 5.15. The number of likely N-dealkylation sites (tertiary alicyclic amines) is 1. The Morgan fingerprint density at radius 3 is 2.50 bits per heavy atom. The standard InChI is InChI=1S/C21H31N3O4/c1-15(2)13-22-20(26)17-5-3-4-6-18(17)23-19(25)14-24-9-7-16(8-10-24)21-27-11-12-28-21/h3-6,15-16,21H,7-14H2,1-2H3,(H,22,26)(H,23,25). The molecule has 2 saturated heterocycles. The fourth-order valence-corrected chi connectivity index (χ4v) is 3.61. The van der Waals surface area contributed by atoms with Gasteiger partial charge in [-0.3, -0.25) is 14.5 Å². The Morgan fingerprint density at radius 2 is 1.82 bits per heavy atom. The van der Waals surface area contributed by atoms with Crippen molar-refractivity contribution in [3.05, 3.63) is 29.8 Å². The fourth-order valence-electron chi connectivity index (χ4n) is 3.61. The van der Waals surface area contributed by atoms with Crippen LogP contribution in [-0.2, 0) is 14.3 Å². The second-order valence-corrected chi connectivity index (χ2v) is 7.92. The van der Waals surface area contributed by atoms with Gasteiger partial charge >= 0.3 is 0 Å². The van der Waals surface area contributed by atoms with Gasteiger partial charge in [-0.25, -0.2) is 0 Å². The van der Waals surface area contributed by atoms with Crippen LogP contribution in [0.4, 0.5) is 5.69 Å². The third-order valence-electron chi connectivity index (χ3n) is 5.15. The number of nitrogens with one attached hydrogen (secondary N) is 2. The Bertz CT molecular complexity index is 665. The Kier molecular flexibility index (Phi) is 7.42. The minimum Gasteiger partial charge on any atom is -0.352 e. The lowest BCUT2D eigenvalue weighted by molar-refractivity contribution is -0.119. The molecule has 7 heteroatoms. The number of hydrogen-bond acceptors (Lipinski definition) is 5. The quantitative estimate of drug-likeness (QED) is 0.747. The molecular formula is C21H31N3O4. The van der Waals surface area contributed by atoms with E-state index in [1.54, 1.807) is 18.2 Å². The Hall–Kier alpha value is -1.96. The Labute approximate surface area is 166 Å². The number of piperidine rings is 1. The van der Waals surface area contributed by atoms with Crippen molar-refractivity contribution >= 4 is 17.5 Å². The summed E-state index contributed by atoms with van der Waals surface area (Å²) in [5.41, 5.74) is 1.04. The van der Waals surface area contributed by atoms with Gasteiger partial charge in [0.2, 0.25) is 5.91 Å². The topological polar surface area (TPSA) is 79.9 Å². The fraction of sp³-hybridized carbons (Fsp3) is 0.619. The number of carbonyl (C=O) groups excluding carboxylic acids is 2. The zero-order valence-electron chi connectivity index (χ0n) is 16.8. The molecule has 0 saturated carbocycles. The van der Waals surface area contributed by atoms with Gasteiger partial charge in [-0.1, -0.05) is 26.0 Å². The molecule has 0 aromatic heterocycles. The van der Waals surface area contributed by atoms with Gasteiger partial charge < -0.3 is 20.1 Å². The SMILES string of the molecule is CC(C)CNC(=O)c1ccccc1NC(=O)CN1CCC(C2OCCO2)CC1. The highest BCUT2D eigenvalue weighted by atomic mass is 16.7. The minimum atomic E-state index is -0.165. The second-order valence-electron chi connectivity index (χ2n) is 7.92. The predicted molar refractivity (Wildman–Crippen MR) is 107 cm³/mol. The summed E-state index contributed by atoms with van der Waals surface area (Å²) < 4.78 is 11.2. The Balaban J connectivity index is 1.49. The lowest BCUT2D eigenvalue weighted by atomic mass is 9.96. The molecule has 1 aromatic rings. The number of carbonyl (C=O) groups is 2. The number of hydrogen-bond donors (Lipinski definition) is 2. The van der Waals surface area contributed by atoms with Crippen LogP contribution < -0.4 is 10.6 Å². The Morgan fingerprint density at radius 1 is 1.14 bits per heavy atom. The summed E-state index contributed by atoms with van der Waals surface area (Å²) in [6, 6.07) is 7.13. The van der Waals surface area contributed by atoms with Gasteiger partial charge in [0.15, 0.2) is 6.29 Å². The summed E-state index contributed by atoms with van der Waals surface area (Å²) in [5, 5.41) is 5.80. The molecule has 2 fully saturated rings. The maximum atomic E-state index is 12.5. The zero-order valence-corrected chi connectivity index (χ0v) is 16.8. The van der Waals surface area contributed by atoms with Gasteiger partial charge in [0.25, 0.3) is 5.91 Å². The van der Waals surface area contributed by atoms with Gasteiger partial charge in [0, 0.05) is 12.5 Å². The number of anilines is 1. The van der Waals surface area contributed by atoms with Gasteiger partial charge in [0.05, 0.1) is 31.0 Å². The van der Waals surface area contributed by atoms with Crippen LogP contribution in [0, 0.1) is 11.8 Å². The number of ether oxygens (including phenoxy) is 2. The molecule has 3 rings (SSSR count). The molecule has 7 nitrogen and oxygen atoms in total. The highest BCUT2D eigenvalue weighted by Gasteiger charge is 2.30. The van der Waals surface area contributed by atoms with E-state index in [0.29, 0.717) is 49.4 Å². The molecule has 0 aliphatic carbocycles. The molecule has 0 atom stereocenters. The maximum Gasteiger partial charge on any atom is 0.253 e. The minimum absolute atomic E-state index is 0.0767. The smallest absolute Gasteiger partial charge is 0.253 e. The van der Waals surface area contributed by atoms with E-state index in [1.807, 2.05) is 19.9 Å². The lowest BCUT2D eigenvalue weighted by Gasteiger charge is -2.33. The van der Waals surface area contributed by atoms with Crippen LogP contribution in [0.3, 0.4) is 0 Å². The van der Waals surface area contributed by atoms with E-state index in [0.717, 1.165) is 25.9 Å². The van der Waals surface area contributed by atoms with Crippen LogP contribution in [0.2, 0.25) is 0 Å². The normalized spacial score (nSPS) is 19.1. The molecule has 2 heterocycles. The molecule has 0 radical (unpaired) electrons. The van der Waals surface area contributed by atoms with Crippen LogP contribution in [0.1, 0.15) is 37.0 Å². The van der Waals surface area contributed by atoms with Crippen LogP contribution >= 0.6 is 0 Å². The van der Waals surface area contributed by atoms with Crippen molar-refractivity contribution in [1.29, 1.82) is 0 Å². The van der Waals surface area contributed by atoms with Gasteiger partial charge in [-0.2, -0.15) is 0 Å². The maximum absolute atomic E-state index is 12.5. The molecule has 2 aliphatic rings. The summed E-state index contributed by atoms with van der Waals surface area (Å²) in [6.07, 6.45) is 1.85. The lowest BCUT2D eigenvalue weighted by Crippen LogP contribution is -2.42. The van der Waals surface area contributed by atoms with Crippen LogP contribution in [0.25, 0.3) is 0 Å². The molecule has 1 aromatic carbocycles. The average Bonchev–Trinajstić information content (AvgIpc) is 3.22. The summed E-state index contributed by atoms with van der Waals surface area (Å²) in [7, 11) is 0. The van der Waals surface area contributed by atoms with Gasteiger partial charge in [-0.15, -0.1) is 0 Å². The van der Waals surface area contributed by atoms with E-state index in [4.69, 9.17) is 9.47 Å². The summed E-state index contributed by atoms with van der Waals surface area (Å²) in [5.74, 6) is 0.513. The average molecular weight is 389 g/mol. The molecule has 154 valence electrons. The molecule has 28 heavy (non-hydrogen) atoms. The molecule has 0 unspecified atom stereocenters. The molecule has 2 amide bonds. The molecule has 0 spiro atoms. The number of para-hydroxylation sites is 1. The van der Waals surface area contributed by atoms with Crippen LogP contribution in [0.15, 0.2) is 24.3 Å². The van der Waals surface area contributed by atoms with E-state index < -0.39 is 0 Å². The molecule has 2 aliphatic heterocycles. The highest BCUT2D eigenvalue weighted by molar-refractivity contribution is 6.04. The van der Waals surface area contributed by atoms with Gasteiger partial charge in [0.1, 0.15) is 0 Å². The summed E-state index contributed by atoms with van der Waals surface area (Å²) in [6.45, 7) is 8.06. The van der Waals surface area contributed by atoms with Crippen molar-refractivity contribution < 1.29 is 19.1 Å². The highest BCUT2D eigenvalue weighted by Crippen LogP contribution is 2.25. The second kappa shape index (κ2) is 10.0. The predicted octanol–water partition coefficient (Wildman–Crippen LogP) is 2.10. The van der Waals surface area contributed by atoms with Crippen molar-refractivity contribution in [1.82, 2.24) is 10.2 Å². The molecule has 2 N–H and O–H groups in total. The van der Waals surface area contributed by atoms with Crippen molar-refractivity contribution in [2.24, 2.45) is 11.8 Å². The van der Waals surface area contributed by atoms with E-state index in [-0.39, 0.29) is 18.1 Å². The largest absolute Gasteiger partial charge is 0.352 e. The molecule has 0 bridgehead atoms. The first-order valence-corrected chi connectivity index (χ1v) is 10.2. The first kappa shape index (κ1) is 20.8. The number of amides is 2. The van der Waals surface area contributed by atoms with Crippen molar-refractivity contribution in [3.63, 3.8) is 0 Å². The summed E-state index contributed by atoms with van der Waals surface area (Å²) in [4.78, 5) is 27.1. The van der Waals surface area contributed by atoms with Crippen molar-refractivity contribution in [2.45, 2.75) is 33.0 Å². The monoisotopic (exact) mass is 389 g/mol. The zero-order chi connectivity index (χ0) is 19.9. The van der Waals surface area contributed by atoms with E-state index >= 15 is 0 Å². The van der Waals surface area contributed by atoms with Crippen LogP contribution in [0.5, 0.6) is 0 Å².